The van der Waals surface area contributed by atoms with Crippen molar-refractivity contribution in [3.8, 4) is 6.07 Å². The molecule has 3 aromatic heterocycles. The van der Waals surface area contributed by atoms with Crippen LogP contribution in [0.25, 0.3) is 0 Å². The first kappa shape index (κ1) is 18.2. The van der Waals surface area contributed by atoms with E-state index >= 15 is 0 Å². The summed E-state index contributed by atoms with van der Waals surface area (Å²) in [7, 11) is 0. The normalized spacial score (nSPS) is 16.8. The minimum Gasteiger partial charge on any atom is -0.355 e. The van der Waals surface area contributed by atoms with Crippen LogP contribution in [0.4, 0.5) is 5.82 Å². The van der Waals surface area contributed by atoms with E-state index in [2.05, 4.69) is 25.5 Å². The van der Waals surface area contributed by atoms with Gasteiger partial charge in [0.1, 0.15) is 17.7 Å². The fraction of sp³-hybridized carbons (Fsp3) is 0.364. The van der Waals surface area contributed by atoms with Gasteiger partial charge in [0.2, 0.25) is 0 Å². The highest BCUT2D eigenvalue weighted by Crippen LogP contribution is 2.31. The lowest BCUT2D eigenvalue weighted by Crippen LogP contribution is -2.36. The highest BCUT2D eigenvalue weighted by atomic mass is 15.2. The van der Waals surface area contributed by atoms with E-state index in [-0.39, 0.29) is 0 Å². The summed E-state index contributed by atoms with van der Waals surface area (Å²) in [6.07, 6.45) is 9.73. The molecule has 0 amide bonds. The molecule has 6 heteroatoms. The van der Waals surface area contributed by atoms with Crippen molar-refractivity contribution in [1.82, 2.24) is 19.5 Å². The fourth-order valence-corrected chi connectivity index (χ4v) is 4.06. The summed E-state index contributed by atoms with van der Waals surface area (Å²) in [6.45, 7) is 6.52. The second-order valence-electron chi connectivity index (χ2n) is 7.44. The smallest absolute Gasteiger partial charge is 0.147 e. The summed E-state index contributed by atoms with van der Waals surface area (Å²) in [5.74, 6) is 2.24. The molecule has 4 rings (SSSR count). The van der Waals surface area contributed by atoms with Gasteiger partial charge in [0.05, 0.1) is 5.56 Å². The first-order valence-electron chi connectivity index (χ1n) is 9.69. The number of rotatable bonds is 4. The van der Waals surface area contributed by atoms with Crippen molar-refractivity contribution in [1.29, 1.82) is 5.26 Å². The van der Waals surface area contributed by atoms with Crippen molar-refractivity contribution in [3.05, 3.63) is 71.2 Å². The summed E-state index contributed by atoms with van der Waals surface area (Å²) in [5, 5.41) is 9.64. The number of anilines is 1. The topological polar surface area (TPSA) is 70.6 Å². The van der Waals surface area contributed by atoms with Crippen LogP contribution in [0.3, 0.4) is 0 Å². The summed E-state index contributed by atoms with van der Waals surface area (Å²) >= 11 is 0. The average molecular weight is 372 g/mol. The Hall–Kier alpha value is -3.20. The second-order valence-corrected chi connectivity index (χ2v) is 7.44. The van der Waals surface area contributed by atoms with Gasteiger partial charge >= 0.3 is 0 Å². The highest BCUT2D eigenvalue weighted by molar-refractivity contribution is 5.58. The molecule has 1 fully saturated rings. The maximum atomic E-state index is 9.64. The molecule has 1 aliphatic rings. The van der Waals surface area contributed by atoms with Crippen molar-refractivity contribution in [2.75, 3.05) is 18.0 Å². The molecule has 3 aromatic rings. The zero-order chi connectivity index (χ0) is 19.5. The molecule has 1 aliphatic heterocycles. The maximum Gasteiger partial charge on any atom is 0.147 e. The number of imidazole rings is 1. The third kappa shape index (κ3) is 3.61. The van der Waals surface area contributed by atoms with Crippen LogP contribution in [0.5, 0.6) is 0 Å². The van der Waals surface area contributed by atoms with Crippen LogP contribution in [0.1, 0.15) is 47.0 Å². The Morgan fingerprint density at radius 1 is 1.21 bits per heavy atom. The Bertz CT molecular complexity index is 1000. The van der Waals surface area contributed by atoms with Crippen LogP contribution in [0, 0.1) is 25.2 Å². The summed E-state index contributed by atoms with van der Waals surface area (Å²) in [4.78, 5) is 15.7. The number of nitrogens with zero attached hydrogens (tertiary/aromatic N) is 6. The highest BCUT2D eigenvalue weighted by Gasteiger charge is 2.27. The third-order valence-corrected chi connectivity index (χ3v) is 5.37. The SMILES string of the molecule is Cc1cc(C)c(C#N)c(N2CCCC(c3nccn3Cc3ccncc3)C2)n1. The maximum absolute atomic E-state index is 9.64. The molecular formula is C22H24N6. The van der Waals surface area contributed by atoms with Crippen LogP contribution in [-0.4, -0.2) is 32.6 Å². The van der Waals surface area contributed by atoms with E-state index in [4.69, 9.17) is 4.98 Å². The molecule has 28 heavy (non-hydrogen) atoms. The second kappa shape index (κ2) is 7.81. The van der Waals surface area contributed by atoms with Crippen molar-refractivity contribution < 1.29 is 0 Å². The van der Waals surface area contributed by atoms with E-state index in [0.717, 1.165) is 55.4 Å². The van der Waals surface area contributed by atoms with Crippen molar-refractivity contribution in [3.63, 3.8) is 0 Å². The molecule has 0 aliphatic carbocycles. The van der Waals surface area contributed by atoms with Gasteiger partial charge in [0.15, 0.2) is 0 Å². The molecule has 4 heterocycles. The number of aryl methyl sites for hydroxylation is 2. The summed E-state index contributed by atoms with van der Waals surface area (Å²) in [6, 6.07) is 8.40. The number of pyridine rings is 2. The van der Waals surface area contributed by atoms with Gasteiger partial charge in [0.25, 0.3) is 0 Å². The van der Waals surface area contributed by atoms with Gasteiger partial charge in [-0.05, 0) is 56.0 Å². The third-order valence-electron chi connectivity index (χ3n) is 5.37. The molecule has 0 bridgehead atoms. The predicted octanol–water partition coefficient (Wildman–Crippen LogP) is 3.59. The molecule has 1 atom stereocenters. The van der Waals surface area contributed by atoms with Gasteiger partial charge in [0, 0.05) is 56.0 Å². The molecule has 0 N–H and O–H groups in total. The first-order chi connectivity index (χ1) is 13.7. The zero-order valence-corrected chi connectivity index (χ0v) is 16.3. The molecule has 1 saturated heterocycles. The Kier molecular flexibility index (Phi) is 5.07. The standard InChI is InChI=1S/C22H24N6/c1-16-12-17(2)26-22(20(16)13-23)27-10-3-4-19(15-27)21-25-9-11-28(21)14-18-5-7-24-8-6-18/h5-9,11-12,19H,3-4,10,14-15H2,1-2H3. The van der Waals surface area contributed by atoms with Crippen molar-refractivity contribution in [2.24, 2.45) is 0 Å². The van der Waals surface area contributed by atoms with Crippen LogP contribution in [0.15, 0.2) is 43.0 Å². The lowest BCUT2D eigenvalue weighted by atomic mass is 9.96. The number of hydrogen-bond donors (Lipinski definition) is 0. The van der Waals surface area contributed by atoms with Gasteiger partial charge in [-0.3, -0.25) is 4.98 Å². The van der Waals surface area contributed by atoms with Gasteiger partial charge in [-0.25, -0.2) is 9.97 Å². The Morgan fingerprint density at radius 3 is 2.82 bits per heavy atom. The van der Waals surface area contributed by atoms with Gasteiger partial charge in [-0.2, -0.15) is 5.26 Å². The van der Waals surface area contributed by atoms with E-state index in [0.29, 0.717) is 11.5 Å². The molecular weight excluding hydrogens is 348 g/mol. The largest absolute Gasteiger partial charge is 0.355 e. The molecule has 1 unspecified atom stereocenters. The molecule has 6 nitrogen and oxygen atoms in total. The van der Waals surface area contributed by atoms with E-state index in [1.165, 1.54) is 5.56 Å². The average Bonchev–Trinajstić information content (AvgIpc) is 3.16. The number of hydrogen-bond acceptors (Lipinski definition) is 5. The van der Waals surface area contributed by atoms with Crippen LogP contribution >= 0.6 is 0 Å². The van der Waals surface area contributed by atoms with Gasteiger partial charge in [-0.15, -0.1) is 0 Å². The molecule has 142 valence electrons. The Labute approximate surface area is 165 Å². The van der Waals surface area contributed by atoms with E-state index in [1.807, 2.05) is 56.8 Å². The van der Waals surface area contributed by atoms with Crippen molar-refractivity contribution in [2.45, 2.75) is 39.2 Å². The minimum absolute atomic E-state index is 0.319. The van der Waals surface area contributed by atoms with Crippen LogP contribution in [-0.2, 0) is 6.54 Å². The van der Waals surface area contributed by atoms with Crippen LogP contribution < -0.4 is 4.90 Å². The first-order valence-corrected chi connectivity index (χ1v) is 9.69. The fourth-order valence-electron chi connectivity index (χ4n) is 4.06. The molecule has 0 radical (unpaired) electrons. The van der Waals surface area contributed by atoms with Crippen LogP contribution in [0.2, 0.25) is 0 Å². The molecule has 0 spiro atoms. The monoisotopic (exact) mass is 372 g/mol. The Morgan fingerprint density at radius 2 is 2.04 bits per heavy atom. The number of nitriles is 1. The predicted molar refractivity (Wildman–Crippen MR) is 108 cm³/mol. The lowest BCUT2D eigenvalue weighted by molar-refractivity contribution is 0.473. The van der Waals surface area contributed by atoms with Gasteiger partial charge < -0.3 is 9.47 Å². The zero-order valence-electron chi connectivity index (χ0n) is 16.3. The molecule has 0 saturated carbocycles. The van der Waals surface area contributed by atoms with E-state index < -0.39 is 0 Å². The number of aromatic nitrogens is 4. The van der Waals surface area contributed by atoms with Gasteiger partial charge in [-0.1, -0.05) is 0 Å². The number of piperidine rings is 1. The lowest BCUT2D eigenvalue weighted by Gasteiger charge is -2.34. The summed E-state index contributed by atoms with van der Waals surface area (Å²) in [5.41, 5.74) is 3.84. The Balaban J connectivity index is 1.59. The van der Waals surface area contributed by atoms with Crippen molar-refractivity contribution >= 4 is 5.82 Å². The van der Waals surface area contributed by atoms with E-state index in [1.54, 1.807) is 0 Å². The minimum atomic E-state index is 0.319. The summed E-state index contributed by atoms with van der Waals surface area (Å²) < 4.78 is 2.23. The van der Waals surface area contributed by atoms with E-state index in [9.17, 15) is 5.26 Å². The quantitative estimate of drug-likeness (QED) is 0.700. The molecule has 0 aromatic carbocycles.